The van der Waals surface area contributed by atoms with Crippen LogP contribution < -0.4 is 15.4 Å². The van der Waals surface area contributed by atoms with Crippen molar-refractivity contribution in [2.24, 2.45) is 0 Å². The van der Waals surface area contributed by atoms with Crippen LogP contribution in [0.2, 0.25) is 0 Å². The van der Waals surface area contributed by atoms with Gasteiger partial charge in [-0.15, -0.1) is 0 Å². The Bertz CT molecular complexity index is 685. The van der Waals surface area contributed by atoms with E-state index in [2.05, 4.69) is 5.32 Å². The number of anilines is 1. The summed E-state index contributed by atoms with van der Waals surface area (Å²) >= 11 is 0. The highest BCUT2D eigenvalue weighted by atomic mass is 19.4. The zero-order chi connectivity index (χ0) is 17.6. The van der Waals surface area contributed by atoms with Gasteiger partial charge in [-0.05, 0) is 30.3 Å². The number of alkyl halides is 3. The molecular weight excluding hydrogens is 321 g/mol. The zero-order valence-corrected chi connectivity index (χ0v) is 13.0. The molecule has 2 rings (SSSR count). The highest BCUT2D eigenvalue weighted by Gasteiger charge is 2.27. The molecule has 4 nitrogen and oxygen atoms in total. The molecule has 0 aliphatic rings. The number of methoxy groups -OCH3 is 1. The first-order valence-corrected chi connectivity index (χ1v) is 7.20. The smallest absolute Gasteiger partial charge is 0.405 e. The Labute approximate surface area is 137 Å². The first-order chi connectivity index (χ1) is 11.4. The van der Waals surface area contributed by atoms with Gasteiger partial charge in [0.2, 0.25) is 0 Å². The normalized spacial score (nSPS) is 11.0. The van der Waals surface area contributed by atoms with Crippen LogP contribution in [0.25, 0.3) is 0 Å². The van der Waals surface area contributed by atoms with Crippen molar-refractivity contribution >= 4 is 11.6 Å². The fraction of sp³-hybridized carbons (Fsp3) is 0.235. The summed E-state index contributed by atoms with van der Waals surface area (Å²) in [4.78, 5) is 11.6. The lowest BCUT2D eigenvalue weighted by atomic mass is 10.1. The highest BCUT2D eigenvalue weighted by molar-refractivity contribution is 5.94. The van der Waals surface area contributed by atoms with Gasteiger partial charge in [-0.2, -0.15) is 13.2 Å². The monoisotopic (exact) mass is 338 g/mol. The molecule has 0 aliphatic heterocycles. The molecule has 0 aromatic heterocycles. The Morgan fingerprint density at radius 1 is 1.08 bits per heavy atom. The van der Waals surface area contributed by atoms with E-state index in [9.17, 15) is 18.0 Å². The van der Waals surface area contributed by atoms with Crippen molar-refractivity contribution in [2.75, 3.05) is 19.0 Å². The lowest BCUT2D eigenvalue weighted by Gasteiger charge is -2.11. The van der Waals surface area contributed by atoms with Crippen LogP contribution >= 0.6 is 0 Å². The van der Waals surface area contributed by atoms with E-state index in [0.717, 1.165) is 17.0 Å². The molecule has 0 atom stereocenters. The summed E-state index contributed by atoms with van der Waals surface area (Å²) in [5, 5.41) is 5.00. The van der Waals surface area contributed by atoms with Crippen molar-refractivity contribution in [1.82, 2.24) is 5.32 Å². The average molecular weight is 338 g/mol. The minimum atomic E-state index is -4.42. The number of para-hydroxylation sites is 1. The van der Waals surface area contributed by atoms with Gasteiger partial charge in [0.15, 0.2) is 0 Å². The average Bonchev–Trinajstić information content (AvgIpc) is 2.58. The van der Waals surface area contributed by atoms with Crippen molar-refractivity contribution in [1.29, 1.82) is 0 Å². The summed E-state index contributed by atoms with van der Waals surface area (Å²) in [6.45, 7) is -0.830. The second-order valence-electron chi connectivity index (χ2n) is 5.04. The maximum absolute atomic E-state index is 12.1. The predicted octanol–water partition coefficient (Wildman–Crippen LogP) is 3.60. The molecule has 128 valence electrons. The Hall–Kier alpha value is -2.70. The first kappa shape index (κ1) is 17.7. The third kappa shape index (κ3) is 5.19. The molecule has 0 aliphatic carbocycles. The molecule has 0 radical (unpaired) electrons. The van der Waals surface area contributed by atoms with Gasteiger partial charge in [-0.3, -0.25) is 4.79 Å². The number of amides is 1. The summed E-state index contributed by atoms with van der Waals surface area (Å²) in [7, 11) is 1.59. The Morgan fingerprint density at radius 2 is 1.75 bits per heavy atom. The van der Waals surface area contributed by atoms with E-state index in [1.807, 2.05) is 29.6 Å². The third-order valence-electron chi connectivity index (χ3n) is 3.27. The number of hydrogen-bond donors (Lipinski definition) is 2. The molecule has 2 aromatic carbocycles. The first-order valence-electron chi connectivity index (χ1n) is 7.20. The van der Waals surface area contributed by atoms with Gasteiger partial charge in [0, 0.05) is 23.4 Å². The summed E-state index contributed by atoms with van der Waals surface area (Å²) in [6.07, 6.45) is -4.42. The van der Waals surface area contributed by atoms with E-state index in [4.69, 9.17) is 4.74 Å². The number of nitrogens with one attached hydrogen (secondary N) is 2. The molecule has 1 amide bonds. The second kappa shape index (κ2) is 7.72. The van der Waals surface area contributed by atoms with Gasteiger partial charge in [0.1, 0.15) is 12.3 Å². The van der Waals surface area contributed by atoms with Gasteiger partial charge >= 0.3 is 6.18 Å². The molecule has 2 aromatic rings. The summed E-state index contributed by atoms with van der Waals surface area (Å²) < 4.78 is 41.5. The van der Waals surface area contributed by atoms with E-state index < -0.39 is 18.6 Å². The molecule has 0 fully saturated rings. The zero-order valence-electron chi connectivity index (χ0n) is 13.0. The molecule has 7 heteroatoms. The largest absolute Gasteiger partial charge is 0.496 e. The van der Waals surface area contributed by atoms with E-state index in [-0.39, 0.29) is 5.56 Å². The minimum absolute atomic E-state index is 0.169. The number of ether oxygens (including phenoxy) is 1. The molecule has 2 N–H and O–H groups in total. The third-order valence-corrected chi connectivity index (χ3v) is 3.27. The van der Waals surface area contributed by atoms with Crippen LogP contribution in [0.3, 0.4) is 0 Å². The number of rotatable bonds is 6. The van der Waals surface area contributed by atoms with Gasteiger partial charge in [-0.1, -0.05) is 18.2 Å². The molecule has 0 spiro atoms. The van der Waals surface area contributed by atoms with Crippen LogP contribution in [0.4, 0.5) is 18.9 Å². The Kier molecular flexibility index (Phi) is 5.68. The van der Waals surface area contributed by atoms with E-state index in [0.29, 0.717) is 6.54 Å². The number of carbonyl (C=O) groups is 1. The van der Waals surface area contributed by atoms with Gasteiger partial charge < -0.3 is 15.4 Å². The van der Waals surface area contributed by atoms with Crippen LogP contribution in [-0.2, 0) is 6.54 Å². The topological polar surface area (TPSA) is 50.4 Å². The fourth-order valence-corrected chi connectivity index (χ4v) is 2.07. The molecular formula is C17H17F3N2O2. The highest BCUT2D eigenvalue weighted by Crippen LogP contribution is 2.19. The molecule has 24 heavy (non-hydrogen) atoms. The van der Waals surface area contributed by atoms with E-state index >= 15 is 0 Å². The van der Waals surface area contributed by atoms with Crippen LogP contribution in [0.1, 0.15) is 15.9 Å². The SMILES string of the molecule is COc1ccccc1CNc1ccc(C(=O)NCC(F)(F)F)cc1. The van der Waals surface area contributed by atoms with Gasteiger partial charge in [0.05, 0.1) is 7.11 Å². The maximum Gasteiger partial charge on any atom is 0.405 e. The van der Waals surface area contributed by atoms with E-state index in [1.54, 1.807) is 19.2 Å². The summed E-state index contributed by atoms with van der Waals surface area (Å²) in [5.74, 6) is -0.00301. The quantitative estimate of drug-likeness (QED) is 0.846. The van der Waals surface area contributed by atoms with Gasteiger partial charge in [0.25, 0.3) is 5.91 Å². The Balaban J connectivity index is 1.93. The number of carbonyl (C=O) groups excluding carboxylic acids is 1. The molecule has 0 saturated carbocycles. The molecule has 0 bridgehead atoms. The lowest BCUT2D eigenvalue weighted by Crippen LogP contribution is -2.33. The summed E-state index contributed by atoms with van der Waals surface area (Å²) in [6, 6.07) is 13.8. The van der Waals surface area contributed by atoms with Crippen molar-refractivity contribution in [3.63, 3.8) is 0 Å². The van der Waals surface area contributed by atoms with Crippen LogP contribution in [0.5, 0.6) is 5.75 Å². The second-order valence-corrected chi connectivity index (χ2v) is 5.04. The number of hydrogen-bond acceptors (Lipinski definition) is 3. The van der Waals surface area contributed by atoms with Crippen molar-refractivity contribution < 1.29 is 22.7 Å². The molecule has 0 saturated heterocycles. The standard InChI is InChI=1S/C17H17F3N2O2/c1-24-15-5-3-2-4-13(15)10-21-14-8-6-12(7-9-14)16(23)22-11-17(18,19)20/h2-9,21H,10-11H2,1H3,(H,22,23). The van der Waals surface area contributed by atoms with Crippen LogP contribution in [0, 0.1) is 0 Å². The summed E-state index contributed by atoms with van der Waals surface area (Å²) in [5.41, 5.74) is 1.88. The minimum Gasteiger partial charge on any atom is -0.496 e. The van der Waals surface area contributed by atoms with Gasteiger partial charge in [-0.25, -0.2) is 0 Å². The Morgan fingerprint density at radius 3 is 2.38 bits per heavy atom. The molecule has 0 heterocycles. The van der Waals surface area contributed by atoms with Crippen LogP contribution in [0.15, 0.2) is 48.5 Å². The van der Waals surface area contributed by atoms with E-state index in [1.165, 1.54) is 12.1 Å². The van der Waals surface area contributed by atoms with Crippen LogP contribution in [-0.4, -0.2) is 25.7 Å². The number of halogens is 3. The predicted molar refractivity (Wildman–Crippen MR) is 85.2 cm³/mol. The lowest BCUT2D eigenvalue weighted by molar-refractivity contribution is -0.123. The molecule has 0 unspecified atom stereocenters. The maximum atomic E-state index is 12.1. The van der Waals surface area contributed by atoms with Crippen molar-refractivity contribution in [3.8, 4) is 5.75 Å². The van der Waals surface area contributed by atoms with Crippen molar-refractivity contribution in [3.05, 3.63) is 59.7 Å². The number of benzene rings is 2. The van der Waals surface area contributed by atoms with Crippen molar-refractivity contribution in [2.45, 2.75) is 12.7 Å². The fourth-order valence-electron chi connectivity index (χ4n) is 2.07.